The Balaban J connectivity index is 0.00000208. The maximum absolute atomic E-state index is 13.1. The van der Waals surface area contributed by atoms with E-state index in [-0.39, 0.29) is 23.9 Å². The number of hydrogen-bond acceptors (Lipinski definition) is 2. The van der Waals surface area contributed by atoms with Crippen molar-refractivity contribution in [3.63, 3.8) is 0 Å². The van der Waals surface area contributed by atoms with Crippen molar-refractivity contribution in [1.82, 2.24) is 4.98 Å². The Hall–Kier alpha value is -2.37. The predicted molar refractivity (Wildman–Crippen MR) is 95.3 cm³/mol. The Bertz CT molecular complexity index is 859. The van der Waals surface area contributed by atoms with Gasteiger partial charge in [-0.2, -0.15) is 0 Å². The van der Waals surface area contributed by atoms with E-state index in [0.29, 0.717) is 19.4 Å². The zero-order chi connectivity index (χ0) is 16.4. The Morgan fingerprint density at radius 1 is 1.12 bits per heavy atom. The summed E-state index contributed by atoms with van der Waals surface area (Å²) in [5.41, 5.74) is 9.12. The summed E-state index contributed by atoms with van der Waals surface area (Å²) in [4.78, 5) is 14.4. The van der Waals surface area contributed by atoms with Gasteiger partial charge in [0.1, 0.15) is 11.5 Å². The van der Waals surface area contributed by atoms with Crippen LogP contribution in [-0.2, 0) is 6.42 Å². The summed E-state index contributed by atoms with van der Waals surface area (Å²) in [5.74, 6) is -1.26. The number of aromatic nitrogens is 1. The molecule has 6 heteroatoms. The topological polar surface area (TPSA) is 79.1 Å². The maximum Gasteiger partial charge on any atom is 0.352 e. The van der Waals surface area contributed by atoms with Crippen LogP contribution in [-0.4, -0.2) is 22.6 Å². The molecule has 0 amide bonds. The number of carboxylic acid groups (broad SMARTS) is 1. The second-order valence-corrected chi connectivity index (χ2v) is 5.44. The van der Waals surface area contributed by atoms with Gasteiger partial charge in [-0.05, 0) is 60.3 Å². The molecule has 0 fully saturated rings. The molecule has 0 bridgehead atoms. The number of nitrogens with two attached hydrogens (primary N) is 1. The molecule has 0 aliphatic rings. The van der Waals surface area contributed by atoms with E-state index in [1.54, 1.807) is 12.1 Å². The number of H-pyrrole nitrogens is 1. The van der Waals surface area contributed by atoms with Gasteiger partial charge >= 0.3 is 5.97 Å². The number of nitrogens with one attached hydrogen (secondary N) is 1. The molecule has 4 nitrogen and oxygen atoms in total. The van der Waals surface area contributed by atoms with Crippen molar-refractivity contribution < 1.29 is 14.3 Å². The number of rotatable bonds is 5. The fraction of sp³-hybridized carbons (Fsp3) is 0.167. The van der Waals surface area contributed by atoms with Gasteiger partial charge in [0.15, 0.2) is 0 Å². The van der Waals surface area contributed by atoms with Crippen LogP contribution in [0.1, 0.15) is 22.5 Å². The first-order chi connectivity index (χ1) is 11.1. The summed E-state index contributed by atoms with van der Waals surface area (Å²) in [6.45, 7) is 0.503. The van der Waals surface area contributed by atoms with E-state index in [1.807, 2.05) is 18.2 Å². The third-order valence-electron chi connectivity index (χ3n) is 3.93. The van der Waals surface area contributed by atoms with Crippen LogP contribution in [0.4, 0.5) is 4.39 Å². The highest BCUT2D eigenvalue weighted by Gasteiger charge is 2.17. The van der Waals surface area contributed by atoms with Crippen LogP contribution in [0, 0.1) is 5.82 Å². The molecule has 0 radical (unpaired) electrons. The molecule has 4 N–H and O–H groups in total. The Kier molecular flexibility index (Phi) is 5.59. The maximum atomic E-state index is 13.1. The third-order valence-corrected chi connectivity index (χ3v) is 3.93. The van der Waals surface area contributed by atoms with E-state index < -0.39 is 5.97 Å². The van der Waals surface area contributed by atoms with Crippen molar-refractivity contribution in [3.05, 3.63) is 59.5 Å². The monoisotopic (exact) mass is 348 g/mol. The highest BCUT2D eigenvalue weighted by Crippen LogP contribution is 2.29. The molecule has 0 saturated heterocycles. The second-order valence-electron chi connectivity index (χ2n) is 5.44. The average Bonchev–Trinajstić information content (AvgIpc) is 2.91. The lowest BCUT2D eigenvalue weighted by Crippen LogP contribution is -2.05. The van der Waals surface area contributed by atoms with Crippen molar-refractivity contribution in [1.29, 1.82) is 0 Å². The lowest BCUT2D eigenvalue weighted by Gasteiger charge is -2.04. The molecular formula is C18H18ClFN2O2. The number of benzene rings is 2. The van der Waals surface area contributed by atoms with Crippen LogP contribution in [0.15, 0.2) is 42.5 Å². The number of aromatic amines is 1. The van der Waals surface area contributed by atoms with Crippen LogP contribution in [0.25, 0.3) is 22.0 Å². The normalized spacial score (nSPS) is 10.6. The number of halogens is 2. The van der Waals surface area contributed by atoms with Gasteiger partial charge in [-0.3, -0.25) is 0 Å². The summed E-state index contributed by atoms with van der Waals surface area (Å²) in [5, 5.41) is 10.3. The molecule has 0 aliphatic carbocycles. The zero-order valence-electron chi connectivity index (χ0n) is 12.9. The van der Waals surface area contributed by atoms with E-state index in [1.165, 1.54) is 12.1 Å². The Labute approximate surface area is 144 Å². The van der Waals surface area contributed by atoms with E-state index in [9.17, 15) is 14.3 Å². The molecule has 2 aromatic carbocycles. The van der Waals surface area contributed by atoms with Crippen LogP contribution in [0.5, 0.6) is 0 Å². The number of carbonyl (C=O) groups is 1. The second kappa shape index (κ2) is 7.47. The summed E-state index contributed by atoms with van der Waals surface area (Å²) in [7, 11) is 0. The average molecular weight is 349 g/mol. The molecular weight excluding hydrogens is 331 g/mol. The number of carboxylic acids is 1. The number of fused-ring (bicyclic) bond motifs is 1. The van der Waals surface area contributed by atoms with Gasteiger partial charge in [0, 0.05) is 10.9 Å². The predicted octanol–water partition coefficient (Wildman–Crippen LogP) is 3.99. The quantitative estimate of drug-likeness (QED) is 0.652. The summed E-state index contributed by atoms with van der Waals surface area (Å²) < 4.78 is 13.1. The minimum absolute atomic E-state index is 0. The molecule has 0 spiro atoms. The van der Waals surface area contributed by atoms with Gasteiger partial charge in [-0.15, -0.1) is 12.4 Å². The standard InChI is InChI=1S/C18H17FN2O2.ClH/c19-13-6-3-11(4-7-13)12-5-8-16-15(10-12)14(2-1-9-20)17(21-16)18(22)23;/h3-8,10,21H,1-2,9,20H2,(H,22,23);1H. The smallest absolute Gasteiger partial charge is 0.352 e. The molecule has 126 valence electrons. The number of hydrogen-bond donors (Lipinski definition) is 3. The lowest BCUT2D eigenvalue weighted by atomic mass is 10.00. The van der Waals surface area contributed by atoms with Gasteiger partial charge in [0.25, 0.3) is 0 Å². The Morgan fingerprint density at radius 2 is 1.79 bits per heavy atom. The minimum atomic E-state index is -0.975. The van der Waals surface area contributed by atoms with Crippen LogP contribution in [0.2, 0.25) is 0 Å². The zero-order valence-corrected chi connectivity index (χ0v) is 13.7. The molecule has 0 aliphatic heterocycles. The molecule has 0 saturated carbocycles. The van der Waals surface area contributed by atoms with Crippen molar-refractivity contribution in [3.8, 4) is 11.1 Å². The highest BCUT2D eigenvalue weighted by atomic mass is 35.5. The van der Waals surface area contributed by atoms with Gasteiger partial charge in [-0.25, -0.2) is 9.18 Å². The van der Waals surface area contributed by atoms with Crippen LogP contribution >= 0.6 is 12.4 Å². The fourth-order valence-corrected chi connectivity index (χ4v) is 2.79. The van der Waals surface area contributed by atoms with E-state index >= 15 is 0 Å². The summed E-state index contributed by atoms with van der Waals surface area (Å²) in [6, 6.07) is 11.9. The number of aryl methyl sites for hydroxylation is 1. The fourth-order valence-electron chi connectivity index (χ4n) is 2.79. The van der Waals surface area contributed by atoms with Crippen molar-refractivity contribution in [2.75, 3.05) is 6.54 Å². The molecule has 3 aromatic rings. The van der Waals surface area contributed by atoms with E-state index in [2.05, 4.69) is 4.98 Å². The van der Waals surface area contributed by atoms with Gasteiger partial charge in [0.05, 0.1) is 0 Å². The van der Waals surface area contributed by atoms with Gasteiger partial charge in [-0.1, -0.05) is 18.2 Å². The van der Waals surface area contributed by atoms with Crippen molar-refractivity contribution in [2.24, 2.45) is 5.73 Å². The largest absolute Gasteiger partial charge is 0.477 e. The van der Waals surface area contributed by atoms with Gasteiger partial charge < -0.3 is 15.8 Å². The minimum Gasteiger partial charge on any atom is -0.477 e. The molecule has 1 heterocycles. The molecule has 0 atom stereocenters. The summed E-state index contributed by atoms with van der Waals surface area (Å²) in [6.07, 6.45) is 1.32. The molecule has 3 rings (SSSR count). The molecule has 1 aromatic heterocycles. The first-order valence-corrected chi connectivity index (χ1v) is 7.44. The van der Waals surface area contributed by atoms with Crippen molar-refractivity contribution in [2.45, 2.75) is 12.8 Å². The van der Waals surface area contributed by atoms with Crippen LogP contribution in [0.3, 0.4) is 0 Å². The van der Waals surface area contributed by atoms with E-state index in [0.717, 1.165) is 27.6 Å². The lowest BCUT2D eigenvalue weighted by molar-refractivity contribution is 0.0690. The number of aromatic carboxylic acids is 1. The Morgan fingerprint density at radius 3 is 2.42 bits per heavy atom. The molecule has 24 heavy (non-hydrogen) atoms. The summed E-state index contributed by atoms with van der Waals surface area (Å²) >= 11 is 0. The van der Waals surface area contributed by atoms with Crippen LogP contribution < -0.4 is 5.73 Å². The van der Waals surface area contributed by atoms with E-state index in [4.69, 9.17) is 5.73 Å². The third kappa shape index (κ3) is 3.42. The first kappa shape index (κ1) is 18.0. The van der Waals surface area contributed by atoms with Crippen molar-refractivity contribution >= 4 is 29.3 Å². The SMILES string of the molecule is Cl.NCCCc1c(C(=O)O)[nH]c2ccc(-c3ccc(F)cc3)cc12. The van der Waals surface area contributed by atoms with Gasteiger partial charge in [0.2, 0.25) is 0 Å². The first-order valence-electron chi connectivity index (χ1n) is 7.44. The highest BCUT2D eigenvalue weighted by molar-refractivity contribution is 5.98. The molecule has 0 unspecified atom stereocenters.